The Morgan fingerprint density at radius 3 is 2.87 bits per heavy atom. The van der Waals surface area contributed by atoms with Crippen LogP contribution in [0, 0.1) is 6.92 Å². The fourth-order valence-electron chi connectivity index (χ4n) is 3.36. The van der Waals surface area contributed by atoms with E-state index < -0.39 is 5.60 Å². The van der Waals surface area contributed by atoms with Crippen LogP contribution in [-0.2, 0) is 11.3 Å². The molecule has 2 heterocycles. The summed E-state index contributed by atoms with van der Waals surface area (Å²) < 4.78 is 0. The predicted octanol–water partition coefficient (Wildman–Crippen LogP) is 1.94. The number of hydrogen-bond acceptors (Lipinski definition) is 4. The number of rotatable bonds is 4. The maximum absolute atomic E-state index is 12.3. The quantitative estimate of drug-likeness (QED) is 0.884. The third-order valence-electron chi connectivity index (χ3n) is 4.83. The maximum atomic E-state index is 12.3. The molecule has 2 aliphatic heterocycles. The average molecular weight is 334 g/mol. The third kappa shape index (κ3) is 4.28. The van der Waals surface area contributed by atoms with Crippen LogP contribution in [0.1, 0.15) is 30.4 Å². The van der Waals surface area contributed by atoms with Crippen LogP contribution in [0.3, 0.4) is 0 Å². The van der Waals surface area contributed by atoms with E-state index >= 15 is 0 Å². The molecule has 0 aliphatic carbocycles. The number of carbonyl (C=O) groups excluding carboxylic acids is 1. The van der Waals surface area contributed by atoms with Crippen molar-refractivity contribution < 1.29 is 9.90 Å². The molecule has 0 spiro atoms. The summed E-state index contributed by atoms with van der Waals surface area (Å²) in [5.74, 6) is 1.24. The molecule has 4 nitrogen and oxygen atoms in total. The number of amides is 1. The molecule has 0 aromatic heterocycles. The Kier molecular flexibility index (Phi) is 5.29. The van der Waals surface area contributed by atoms with Crippen LogP contribution in [0.2, 0.25) is 0 Å². The van der Waals surface area contributed by atoms with E-state index in [0.29, 0.717) is 12.2 Å². The Labute approximate surface area is 142 Å². The van der Waals surface area contributed by atoms with Crippen LogP contribution >= 0.6 is 11.8 Å². The molecule has 1 amide bonds. The smallest absolute Gasteiger partial charge is 0.253 e. The van der Waals surface area contributed by atoms with E-state index in [1.807, 2.05) is 0 Å². The van der Waals surface area contributed by atoms with Gasteiger partial charge in [0.05, 0.1) is 0 Å². The van der Waals surface area contributed by atoms with E-state index in [-0.39, 0.29) is 11.9 Å². The molecule has 23 heavy (non-hydrogen) atoms. The van der Waals surface area contributed by atoms with Gasteiger partial charge >= 0.3 is 0 Å². The summed E-state index contributed by atoms with van der Waals surface area (Å²) >= 11 is 1.66. The third-order valence-corrected chi connectivity index (χ3v) is 6.01. The first-order valence-corrected chi connectivity index (χ1v) is 9.60. The Bertz CT molecular complexity index is 550. The van der Waals surface area contributed by atoms with Crippen molar-refractivity contribution in [1.29, 1.82) is 0 Å². The highest BCUT2D eigenvalue weighted by Gasteiger charge is 2.40. The fourth-order valence-corrected chi connectivity index (χ4v) is 4.60. The first-order chi connectivity index (χ1) is 11.0. The lowest BCUT2D eigenvalue weighted by Gasteiger charge is -2.34. The molecule has 3 rings (SSSR count). The molecule has 2 saturated heterocycles. The Hall–Kier alpha value is -1.04. The highest BCUT2D eigenvalue weighted by atomic mass is 32.2. The lowest BCUT2D eigenvalue weighted by molar-refractivity contribution is -0.138. The number of piperidine rings is 1. The number of aryl methyl sites for hydroxylation is 1. The van der Waals surface area contributed by atoms with Crippen LogP contribution in [0.25, 0.3) is 0 Å². The highest BCUT2D eigenvalue weighted by Crippen LogP contribution is 2.28. The van der Waals surface area contributed by atoms with E-state index in [0.717, 1.165) is 38.2 Å². The summed E-state index contributed by atoms with van der Waals surface area (Å²) in [5, 5.41) is 13.4. The van der Waals surface area contributed by atoms with Crippen molar-refractivity contribution in [1.82, 2.24) is 10.2 Å². The molecule has 2 fully saturated rings. The second-order valence-corrected chi connectivity index (χ2v) is 7.95. The van der Waals surface area contributed by atoms with Crippen molar-refractivity contribution in [3.05, 3.63) is 35.4 Å². The van der Waals surface area contributed by atoms with Crippen molar-refractivity contribution >= 4 is 17.7 Å². The molecular formula is C18H26N2O2S. The summed E-state index contributed by atoms with van der Waals surface area (Å²) in [6, 6.07) is 8.84. The van der Waals surface area contributed by atoms with Gasteiger partial charge in [-0.05, 0) is 37.5 Å². The summed E-state index contributed by atoms with van der Waals surface area (Å²) in [5.41, 5.74) is 1.51. The molecule has 0 bridgehead atoms. The summed E-state index contributed by atoms with van der Waals surface area (Å²) in [7, 11) is 0. The minimum Gasteiger partial charge on any atom is -0.379 e. The number of nitrogens with one attached hydrogen (secondary N) is 1. The topological polar surface area (TPSA) is 52.6 Å². The summed E-state index contributed by atoms with van der Waals surface area (Å²) in [4.78, 5) is 14.7. The van der Waals surface area contributed by atoms with Gasteiger partial charge in [0.15, 0.2) is 5.60 Å². The molecule has 2 N–H and O–H groups in total. The Morgan fingerprint density at radius 1 is 1.43 bits per heavy atom. The molecule has 2 aliphatic rings. The van der Waals surface area contributed by atoms with Crippen molar-refractivity contribution in [2.24, 2.45) is 0 Å². The lowest BCUT2D eigenvalue weighted by atomic mass is 9.99. The minimum absolute atomic E-state index is 0.167. The van der Waals surface area contributed by atoms with Crippen LogP contribution in [0.5, 0.6) is 0 Å². The summed E-state index contributed by atoms with van der Waals surface area (Å²) in [6.07, 6.45) is 2.50. The molecular weight excluding hydrogens is 308 g/mol. The van der Waals surface area contributed by atoms with Gasteiger partial charge in [-0.1, -0.05) is 29.8 Å². The van der Waals surface area contributed by atoms with Crippen molar-refractivity contribution in [3.8, 4) is 0 Å². The molecule has 1 aromatic rings. The van der Waals surface area contributed by atoms with Gasteiger partial charge in [0, 0.05) is 31.4 Å². The number of carbonyl (C=O) groups is 1. The van der Waals surface area contributed by atoms with E-state index in [2.05, 4.69) is 41.4 Å². The molecule has 1 aromatic carbocycles. The molecule has 1 unspecified atom stereocenters. The molecule has 0 radical (unpaired) electrons. The van der Waals surface area contributed by atoms with Crippen LogP contribution in [-0.4, -0.2) is 52.2 Å². The fraction of sp³-hybridized carbons (Fsp3) is 0.611. The Balaban J connectivity index is 1.46. The van der Waals surface area contributed by atoms with Gasteiger partial charge in [-0.3, -0.25) is 9.69 Å². The number of likely N-dealkylation sites (tertiary alicyclic amines) is 1. The standard InChI is InChI=1S/C18H26N2O2S/c1-14-3-2-4-15(11-14)12-20-8-5-16(6-9-20)19-17(21)18(22)7-10-23-13-18/h2-4,11,16,22H,5-10,12-13H2,1H3,(H,19,21). The first kappa shape index (κ1) is 16.8. The van der Waals surface area contributed by atoms with Gasteiger partial charge in [0.2, 0.25) is 0 Å². The van der Waals surface area contributed by atoms with Gasteiger partial charge < -0.3 is 10.4 Å². The predicted molar refractivity (Wildman–Crippen MR) is 94.5 cm³/mol. The van der Waals surface area contributed by atoms with Gasteiger partial charge in [0.1, 0.15) is 0 Å². The average Bonchev–Trinajstić information content (AvgIpc) is 2.97. The Morgan fingerprint density at radius 2 is 2.22 bits per heavy atom. The van der Waals surface area contributed by atoms with E-state index in [1.54, 1.807) is 11.8 Å². The largest absolute Gasteiger partial charge is 0.379 e. The second kappa shape index (κ2) is 7.24. The first-order valence-electron chi connectivity index (χ1n) is 8.44. The van der Waals surface area contributed by atoms with Crippen molar-refractivity contribution in [3.63, 3.8) is 0 Å². The number of aliphatic hydroxyl groups is 1. The zero-order valence-electron chi connectivity index (χ0n) is 13.8. The van der Waals surface area contributed by atoms with E-state index in [4.69, 9.17) is 0 Å². The van der Waals surface area contributed by atoms with E-state index in [1.165, 1.54) is 11.1 Å². The van der Waals surface area contributed by atoms with Gasteiger partial charge in [0.25, 0.3) is 5.91 Å². The van der Waals surface area contributed by atoms with Gasteiger partial charge in [-0.2, -0.15) is 11.8 Å². The highest BCUT2D eigenvalue weighted by molar-refractivity contribution is 7.99. The van der Waals surface area contributed by atoms with Crippen molar-refractivity contribution in [2.45, 2.75) is 44.4 Å². The lowest BCUT2D eigenvalue weighted by Crippen LogP contribution is -2.53. The molecule has 126 valence electrons. The maximum Gasteiger partial charge on any atom is 0.253 e. The van der Waals surface area contributed by atoms with E-state index in [9.17, 15) is 9.90 Å². The van der Waals surface area contributed by atoms with Crippen LogP contribution in [0.4, 0.5) is 0 Å². The zero-order valence-corrected chi connectivity index (χ0v) is 14.6. The summed E-state index contributed by atoms with van der Waals surface area (Å²) in [6.45, 7) is 5.08. The number of benzene rings is 1. The SMILES string of the molecule is Cc1cccc(CN2CCC(NC(=O)C3(O)CCSC3)CC2)c1. The van der Waals surface area contributed by atoms with Crippen LogP contribution in [0.15, 0.2) is 24.3 Å². The molecule has 5 heteroatoms. The zero-order chi connectivity index (χ0) is 16.3. The number of thioether (sulfide) groups is 1. The number of hydrogen-bond donors (Lipinski definition) is 2. The van der Waals surface area contributed by atoms with Crippen LogP contribution < -0.4 is 5.32 Å². The second-order valence-electron chi connectivity index (χ2n) is 6.85. The normalized spacial score (nSPS) is 26.3. The molecule has 0 saturated carbocycles. The van der Waals surface area contributed by atoms with Gasteiger partial charge in [-0.15, -0.1) is 0 Å². The monoisotopic (exact) mass is 334 g/mol. The minimum atomic E-state index is -1.14. The van der Waals surface area contributed by atoms with Gasteiger partial charge in [-0.25, -0.2) is 0 Å². The van der Waals surface area contributed by atoms with Crippen molar-refractivity contribution in [2.75, 3.05) is 24.6 Å². The molecule has 1 atom stereocenters. The number of nitrogens with zero attached hydrogens (tertiary/aromatic N) is 1.